The number of pyridine rings is 1. The number of amides is 1. The van der Waals surface area contributed by atoms with E-state index < -0.39 is 11.5 Å². The Balaban J connectivity index is 2.34. The summed E-state index contributed by atoms with van der Waals surface area (Å²) in [5, 5.41) is 2.36. The van der Waals surface area contributed by atoms with E-state index in [2.05, 4.69) is 16.9 Å². The van der Waals surface area contributed by atoms with Crippen LogP contribution in [0.25, 0.3) is 11.3 Å². The molecule has 2 aromatic heterocycles. The molecular weight excluding hydrogens is 232 g/mol. The summed E-state index contributed by atoms with van der Waals surface area (Å²) in [5.41, 5.74) is 0.148. The van der Waals surface area contributed by atoms with Crippen LogP contribution in [-0.4, -0.2) is 10.9 Å². The van der Waals surface area contributed by atoms with Crippen LogP contribution in [0.15, 0.2) is 58.5 Å². The van der Waals surface area contributed by atoms with E-state index in [4.69, 9.17) is 4.42 Å². The molecule has 2 rings (SSSR count). The van der Waals surface area contributed by atoms with Gasteiger partial charge in [-0.15, -0.1) is 0 Å². The molecule has 0 aliphatic rings. The first-order valence-corrected chi connectivity index (χ1v) is 5.18. The Morgan fingerprint density at radius 1 is 1.39 bits per heavy atom. The number of carbonyl (C=O) groups is 1. The average molecular weight is 242 g/mol. The number of anilines is 1. The molecule has 2 heterocycles. The summed E-state index contributed by atoms with van der Waals surface area (Å²) in [4.78, 5) is 26.6. The third-order valence-electron chi connectivity index (χ3n) is 2.21. The zero-order valence-corrected chi connectivity index (χ0v) is 9.42. The van der Waals surface area contributed by atoms with E-state index in [1.807, 2.05) is 0 Å². The second kappa shape index (κ2) is 5.09. The Bertz CT molecular complexity index is 632. The molecule has 0 aromatic carbocycles. The molecule has 0 atom stereocenters. The van der Waals surface area contributed by atoms with Crippen molar-refractivity contribution in [3.63, 3.8) is 0 Å². The van der Waals surface area contributed by atoms with Gasteiger partial charge in [0, 0.05) is 18.0 Å². The number of nitrogens with one attached hydrogen (secondary N) is 1. The number of aromatic nitrogens is 1. The molecule has 0 unspecified atom stereocenters. The predicted molar refractivity (Wildman–Crippen MR) is 67.0 cm³/mol. The van der Waals surface area contributed by atoms with E-state index in [1.54, 1.807) is 30.6 Å². The average Bonchev–Trinajstić information content (AvgIpc) is 2.42. The van der Waals surface area contributed by atoms with Gasteiger partial charge in [-0.3, -0.25) is 9.78 Å². The van der Waals surface area contributed by atoms with Gasteiger partial charge >= 0.3 is 5.63 Å². The van der Waals surface area contributed by atoms with Gasteiger partial charge in [-0.25, -0.2) is 4.79 Å². The predicted octanol–water partition coefficient (Wildman–Crippen LogP) is 1.83. The molecule has 18 heavy (non-hydrogen) atoms. The number of nitrogens with zero attached hydrogens (tertiary/aromatic N) is 1. The van der Waals surface area contributed by atoms with Crippen molar-refractivity contribution < 1.29 is 9.21 Å². The van der Waals surface area contributed by atoms with Crippen molar-refractivity contribution in [2.75, 3.05) is 5.32 Å². The highest BCUT2D eigenvalue weighted by molar-refractivity contribution is 5.98. The van der Waals surface area contributed by atoms with Crippen LogP contribution in [0, 0.1) is 0 Å². The lowest BCUT2D eigenvalue weighted by atomic mass is 10.2. The number of hydrogen-bond acceptors (Lipinski definition) is 4. The quantitative estimate of drug-likeness (QED) is 0.833. The first-order chi connectivity index (χ1) is 8.70. The molecule has 5 heteroatoms. The Kier molecular flexibility index (Phi) is 3.33. The normalized spacial score (nSPS) is 9.78. The number of hydrogen-bond donors (Lipinski definition) is 1. The van der Waals surface area contributed by atoms with Gasteiger partial charge in [0.2, 0.25) is 5.91 Å². The van der Waals surface area contributed by atoms with Gasteiger partial charge in [0.15, 0.2) is 0 Å². The van der Waals surface area contributed by atoms with E-state index in [0.717, 1.165) is 6.08 Å². The topological polar surface area (TPSA) is 72.2 Å². The van der Waals surface area contributed by atoms with Crippen LogP contribution >= 0.6 is 0 Å². The smallest absolute Gasteiger partial charge is 0.360 e. The molecule has 5 nitrogen and oxygen atoms in total. The molecule has 0 aliphatic heterocycles. The van der Waals surface area contributed by atoms with Crippen LogP contribution in [0.3, 0.4) is 0 Å². The molecule has 0 saturated heterocycles. The van der Waals surface area contributed by atoms with Gasteiger partial charge in [-0.2, -0.15) is 0 Å². The summed E-state index contributed by atoms with van der Waals surface area (Å²) in [6.07, 6.45) is 4.29. The van der Waals surface area contributed by atoms with Crippen LogP contribution < -0.4 is 10.9 Å². The van der Waals surface area contributed by atoms with Gasteiger partial charge in [-0.05, 0) is 30.3 Å². The monoisotopic (exact) mass is 242 g/mol. The Hall–Kier alpha value is -2.69. The second-order valence-electron chi connectivity index (χ2n) is 3.44. The van der Waals surface area contributed by atoms with Crippen molar-refractivity contribution in [2.24, 2.45) is 0 Å². The molecule has 0 fully saturated rings. The van der Waals surface area contributed by atoms with Crippen molar-refractivity contribution in [3.8, 4) is 11.3 Å². The lowest BCUT2D eigenvalue weighted by Crippen LogP contribution is -2.15. The van der Waals surface area contributed by atoms with Gasteiger partial charge in [0.25, 0.3) is 0 Å². The maximum atomic E-state index is 11.6. The molecule has 1 amide bonds. The summed E-state index contributed by atoms with van der Waals surface area (Å²) in [6, 6.07) is 6.59. The van der Waals surface area contributed by atoms with Crippen LogP contribution in [0.5, 0.6) is 0 Å². The summed E-state index contributed by atoms with van der Waals surface area (Å²) in [7, 11) is 0. The molecule has 0 bridgehead atoms. The van der Waals surface area contributed by atoms with E-state index >= 15 is 0 Å². The van der Waals surface area contributed by atoms with Gasteiger partial charge in [0.1, 0.15) is 11.4 Å². The lowest BCUT2D eigenvalue weighted by Gasteiger charge is -2.02. The fourth-order valence-corrected chi connectivity index (χ4v) is 1.36. The summed E-state index contributed by atoms with van der Waals surface area (Å²) in [6.45, 7) is 3.30. The lowest BCUT2D eigenvalue weighted by molar-refractivity contribution is -0.111. The standard InChI is InChI=1S/C13H10N2O3/c1-2-12(16)15-10-5-6-11(18-13(10)17)9-4-3-7-14-8-9/h2-8H,1H2,(H,15,16). The zero-order valence-electron chi connectivity index (χ0n) is 9.42. The van der Waals surface area contributed by atoms with Gasteiger partial charge in [-0.1, -0.05) is 6.58 Å². The third kappa shape index (κ3) is 2.52. The molecule has 2 aromatic rings. The Morgan fingerprint density at radius 2 is 2.22 bits per heavy atom. The van der Waals surface area contributed by atoms with Crippen molar-refractivity contribution in [1.29, 1.82) is 0 Å². The maximum absolute atomic E-state index is 11.6. The summed E-state index contributed by atoms with van der Waals surface area (Å²) in [5.74, 6) is -0.0684. The minimum Gasteiger partial charge on any atom is -0.421 e. The zero-order chi connectivity index (χ0) is 13.0. The van der Waals surface area contributed by atoms with E-state index in [-0.39, 0.29) is 5.69 Å². The first kappa shape index (κ1) is 11.8. The highest BCUT2D eigenvalue weighted by Gasteiger charge is 2.07. The fourth-order valence-electron chi connectivity index (χ4n) is 1.36. The van der Waals surface area contributed by atoms with Crippen LogP contribution in [0.1, 0.15) is 0 Å². The molecule has 0 saturated carbocycles. The first-order valence-electron chi connectivity index (χ1n) is 5.18. The van der Waals surface area contributed by atoms with Crippen molar-refractivity contribution >= 4 is 11.6 Å². The molecule has 90 valence electrons. The van der Waals surface area contributed by atoms with Crippen LogP contribution in [0.2, 0.25) is 0 Å². The van der Waals surface area contributed by atoms with Crippen molar-refractivity contribution in [1.82, 2.24) is 4.98 Å². The number of rotatable bonds is 3. The van der Waals surface area contributed by atoms with E-state index in [1.165, 1.54) is 6.07 Å². The van der Waals surface area contributed by atoms with Crippen LogP contribution in [-0.2, 0) is 4.79 Å². The minimum atomic E-state index is -0.619. The second-order valence-corrected chi connectivity index (χ2v) is 3.44. The Morgan fingerprint density at radius 3 is 2.83 bits per heavy atom. The van der Waals surface area contributed by atoms with Crippen molar-refractivity contribution in [2.45, 2.75) is 0 Å². The van der Waals surface area contributed by atoms with E-state index in [0.29, 0.717) is 11.3 Å². The highest BCUT2D eigenvalue weighted by Crippen LogP contribution is 2.17. The van der Waals surface area contributed by atoms with Gasteiger partial charge < -0.3 is 9.73 Å². The molecule has 0 aliphatic carbocycles. The third-order valence-corrected chi connectivity index (χ3v) is 2.21. The minimum absolute atomic E-state index is 0.0764. The molecular formula is C13H10N2O3. The van der Waals surface area contributed by atoms with Crippen molar-refractivity contribution in [3.05, 3.63) is 59.7 Å². The summed E-state index contributed by atoms with van der Waals surface area (Å²) < 4.78 is 5.10. The largest absolute Gasteiger partial charge is 0.421 e. The SMILES string of the molecule is C=CC(=O)Nc1ccc(-c2cccnc2)oc1=O. The van der Waals surface area contributed by atoms with Gasteiger partial charge in [0.05, 0.1) is 0 Å². The van der Waals surface area contributed by atoms with E-state index in [9.17, 15) is 9.59 Å². The van der Waals surface area contributed by atoms with Crippen LogP contribution in [0.4, 0.5) is 5.69 Å². The molecule has 1 N–H and O–H groups in total. The number of carbonyl (C=O) groups excluding carboxylic acids is 1. The maximum Gasteiger partial charge on any atom is 0.360 e. The fraction of sp³-hybridized carbons (Fsp3) is 0. The molecule has 0 spiro atoms. The Labute approximate surface area is 103 Å². The molecule has 0 radical (unpaired) electrons. The summed E-state index contributed by atoms with van der Waals surface area (Å²) >= 11 is 0. The highest BCUT2D eigenvalue weighted by atomic mass is 16.4.